The van der Waals surface area contributed by atoms with E-state index in [9.17, 15) is 4.79 Å². The first-order valence-corrected chi connectivity index (χ1v) is 3.38. The topological polar surface area (TPSA) is 55.1 Å². The Hall–Kier alpha value is -1.84. The SMILES string of the molecule is O=[C]Nc1ccc2oncc2c1. The van der Waals surface area contributed by atoms with Crippen LogP contribution in [0.5, 0.6) is 0 Å². The van der Waals surface area contributed by atoms with E-state index in [1.807, 2.05) is 0 Å². The molecule has 2 aromatic rings. The van der Waals surface area contributed by atoms with E-state index in [0.717, 1.165) is 5.39 Å². The average molecular weight is 161 g/mol. The average Bonchev–Trinajstić information content (AvgIpc) is 2.51. The van der Waals surface area contributed by atoms with Crippen LogP contribution in [0.25, 0.3) is 11.0 Å². The maximum absolute atomic E-state index is 9.97. The quantitative estimate of drug-likeness (QED) is 0.675. The first-order valence-electron chi connectivity index (χ1n) is 3.38. The highest BCUT2D eigenvalue weighted by Crippen LogP contribution is 2.17. The first-order chi connectivity index (χ1) is 5.90. The minimum absolute atomic E-state index is 0.681. The monoisotopic (exact) mass is 161 g/mol. The Morgan fingerprint density at radius 2 is 2.42 bits per heavy atom. The Bertz CT molecular complexity index is 408. The molecule has 59 valence electrons. The van der Waals surface area contributed by atoms with Gasteiger partial charge in [-0.15, -0.1) is 0 Å². The minimum atomic E-state index is 0.681. The van der Waals surface area contributed by atoms with Crippen LogP contribution in [0, 0.1) is 0 Å². The van der Waals surface area contributed by atoms with Gasteiger partial charge in [0.25, 0.3) is 0 Å². The number of nitrogens with zero attached hydrogens (tertiary/aromatic N) is 1. The van der Waals surface area contributed by atoms with E-state index in [2.05, 4.69) is 10.5 Å². The van der Waals surface area contributed by atoms with Crippen molar-refractivity contribution >= 4 is 23.1 Å². The van der Waals surface area contributed by atoms with Gasteiger partial charge in [0.05, 0.1) is 6.20 Å². The number of amides is 1. The molecule has 1 N–H and O–H groups in total. The molecule has 1 amide bonds. The maximum atomic E-state index is 9.97. The third kappa shape index (κ3) is 1.03. The lowest BCUT2D eigenvalue weighted by Gasteiger charge is -1.94. The van der Waals surface area contributed by atoms with Crippen molar-refractivity contribution in [2.45, 2.75) is 0 Å². The van der Waals surface area contributed by atoms with E-state index in [4.69, 9.17) is 4.52 Å². The van der Waals surface area contributed by atoms with Crippen molar-refractivity contribution in [3.63, 3.8) is 0 Å². The van der Waals surface area contributed by atoms with Crippen LogP contribution in [0.3, 0.4) is 0 Å². The number of anilines is 1. The van der Waals surface area contributed by atoms with Crippen molar-refractivity contribution in [1.82, 2.24) is 5.16 Å². The Balaban J connectivity index is 2.52. The van der Waals surface area contributed by atoms with E-state index in [-0.39, 0.29) is 0 Å². The van der Waals surface area contributed by atoms with Gasteiger partial charge in [0.15, 0.2) is 5.58 Å². The summed E-state index contributed by atoms with van der Waals surface area (Å²) in [4.78, 5) is 9.97. The van der Waals surface area contributed by atoms with Gasteiger partial charge >= 0.3 is 6.41 Å². The highest BCUT2D eigenvalue weighted by molar-refractivity contribution is 5.83. The van der Waals surface area contributed by atoms with Gasteiger partial charge < -0.3 is 9.84 Å². The summed E-state index contributed by atoms with van der Waals surface area (Å²) in [5.41, 5.74) is 1.38. The van der Waals surface area contributed by atoms with Crippen molar-refractivity contribution in [1.29, 1.82) is 0 Å². The molecule has 12 heavy (non-hydrogen) atoms. The zero-order valence-electron chi connectivity index (χ0n) is 6.07. The normalized spacial score (nSPS) is 10.0. The van der Waals surface area contributed by atoms with Crippen molar-refractivity contribution in [3.8, 4) is 0 Å². The summed E-state index contributed by atoms with van der Waals surface area (Å²) in [6.45, 7) is 0. The summed E-state index contributed by atoms with van der Waals surface area (Å²) in [6.07, 6.45) is 3.18. The molecule has 0 saturated heterocycles. The van der Waals surface area contributed by atoms with Gasteiger partial charge in [-0.3, -0.25) is 4.79 Å². The van der Waals surface area contributed by atoms with Gasteiger partial charge in [-0.2, -0.15) is 0 Å². The molecule has 1 aromatic heterocycles. The number of hydrogen-bond donors (Lipinski definition) is 1. The van der Waals surface area contributed by atoms with Gasteiger partial charge in [0, 0.05) is 11.1 Å². The van der Waals surface area contributed by atoms with Crippen LogP contribution in [0.1, 0.15) is 0 Å². The lowest BCUT2D eigenvalue weighted by molar-refractivity contribution is 0.456. The van der Waals surface area contributed by atoms with Crippen LogP contribution in [-0.4, -0.2) is 11.6 Å². The highest BCUT2D eigenvalue weighted by atomic mass is 16.5. The van der Waals surface area contributed by atoms with Crippen molar-refractivity contribution in [3.05, 3.63) is 24.4 Å². The zero-order valence-corrected chi connectivity index (χ0v) is 6.07. The molecule has 0 saturated carbocycles. The first kappa shape index (κ1) is 6.84. The van der Waals surface area contributed by atoms with Crippen LogP contribution in [-0.2, 0) is 4.79 Å². The summed E-state index contributed by atoms with van der Waals surface area (Å²) < 4.78 is 4.87. The number of aromatic nitrogens is 1. The van der Waals surface area contributed by atoms with Crippen molar-refractivity contribution in [2.24, 2.45) is 0 Å². The van der Waals surface area contributed by atoms with Crippen LogP contribution in [0.4, 0.5) is 5.69 Å². The molecule has 1 radical (unpaired) electrons. The molecule has 0 aliphatic carbocycles. The number of rotatable bonds is 2. The standard InChI is InChI=1S/C8H5N2O2/c11-5-9-7-1-2-8-6(3-7)4-10-12-8/h1-4H,(H,9,11). The molecule has 1 heterocycles. The summed E-state index contributed by atoms with van der Waals surface area (Å²) in [6, 6.07) is 5.22. The Labute approximate surface area is 68.2 Å². The molecule has 0 aliphatic rings. The molecule has 0 atom stereocenters. The number of nitrogens with one attached hydrogen (secondary N) is 1. The van der Waals surface area contributed by atoms with E-state index in [0.29, 0.717) is 11.3 Å². The second kappa shape index (κ2) is 2.65. The van der Waals surface area contributed by atoms with Gasteiger partial charge in [0.2, 0.25) is 0 Å². The predicted molar refractivity (Wildman–Crippen MR) is 43.3 cm³/mol. The van der Waals surface area contributed by atoms with E-state index >= 15 is 0 Å². The molecule has 1 aromatic carbocycles. The molecule has 0 fully saturated rings. The van der Waals surface area contributed by atoms with Crippen LogP contribution >= 0.6 is 0 Å². The molecule has 0 spiro atoms. The summed E-state index contributed by atoms with van der Waals surface area (Å²) >= 11 is 0. The number of hydrogen-bond acceptors (Lipinski definition) is 3. The van der Waals surface area contributed by atoms with Crippen LogP contribution < -0.4 is 5.32 Å². The van der Waals surface area contributed by atoms with Gasteiger partial charge in [0.1, 0.15) is 0 Å². The highest BCUT2D eigenvalue weighted by Gasteiger charge is 1.98. The Morgan fingerprint density at radius 3 is 3.25 bits per heavy atom. The smallest absolute Gasteiger partial charge is 0.314 e. The summed E-state index contributed by atoms with van der Waals surface area (Å²) in [5.74, 6) is 0. The third-order valence-electron chi connectivity index (χ3n) is 1.55. The lowest BCUT2D eigenvalue weighted by Crippen LogP contribution is -1.91. The molecule has 4 heteroatoms. The van der Waals surface area contributed by atoms with E-state index in [1.165, 1.54) is 0 Å². The van der Waals surface area contributed by atoms with Gasteiger partial charge in [-0.25, -0.2) is 0 Å². The number of benzene rings is 1. The Kier molecular flexibility index (Phi) is 1.51. The third-order valence-corrected chi connectivity index (χ3v) is 1.55. The second-order valence-electron chi connectivity index (χ2n) is 2.31. The number of carbonyl (C=O) groups excluding carboxylic acids is 1. The maximum Gasteiger partial charge on any atom is 0.314 e. The fourth-order valence-electron chi connectivity index (χ4n) is 1.01. The largest absolute Gasteiger partial charge is 0.356 e. The number of fused-ring (bicyclic) bond motifs is 1. The molecule has 4 nitrogen and oxygen atoms in total. The van der Waals surface area contributed by atoms with E-state index < -0.39 is 0 Å². The second-order valence-corrected chi connectivity index (χ2v) is 2.31. The van der Waals surface area contributed by atoms with Crippen LogP contribution in [0.15, 0.2) is 28.9 Å². The molecule has 0 aliphatic heterocycles. The lowest BCUT2D eigenvalue weighted by atomic mass is 10.2. The molecule has 2 rings (SSSR count). The molecule has 0 bridgehead atoms. The van der Waals surface area contributed by atoms with Gasteiger partial charge in [-0.05, 0) is 18.2 Å². The van der Waals surface area contributed by atoms with Crippen molar-refractivity contribution < 1.29 is 9.32 Å². The summed E-state index contributed by atoms with van der Waals surface area (Å²) in [5, 5.41) is 6.87. The van der Waals surface area contributed by atoms with Gasteiger partial charge in [-0.1, -0.05) is 5.16 Å². The summed E-state index contributed by atoms with van der Waals surface area (Å²) in [7, 11) is 0. The zero-order chi connectivity index (χ0) is 8.39. The fraction of sp³-hybridized carbons (Fsp3) is 0. The molecule has 0 unspecified atom stereocenters. The molecular formula is C8H5N2O2. The predicted octanol–water partition coefficient (Wildman–Crippen LogP) is 1.31. The minimum Gasteiger partial charge on any atom is -0.356 e. The van der Waals surface area contributed by atoms with Crippen LogP contribution in [0.2, 0.25) is 0 Å². The fourth-order valence-corrected chi connectivity index (χ4v) is 1.01. The Morgan fingerprint density at radius 1 is 1.50 bits per heavy atom. The van der Waals surface area contributed by atoms with Crippen molar-refractivity contribution in [2.75, 3.05) is 5.32 Å². The van der Waals surface area contributed by atoms with E-state index in [1.54, 1.807) is 30.8 Å². The molecular weight excluding hydrogens is 156 g/mol.